The molecule has 2 aromatic rings. The van der Waals surface area contributed by atoms with Crippen molar-refractivity contribution in [2.45, 2.75) is 32.9 Å². The summed E-state index contributed by atoms with van der Waals surface area (Å²) in [6.07, 6.45) is 0. The number of aromatic nitrogens is 1. The Kier molecular flexibility index (Phi) is 10.3. The van der Waals surface area contributed by atoms with Gasteiger partial charge in [0.05, 0.1) is 6.04 Å². The van der Waals surface area contributed by atoms with Crippen LogP contribution in [0.1, 0.15) is 49.8 Å². The van der Waals surface area contributed by atoms with Gasteiger partial charge in [-0.15, -0.1) is 24.8 Å². The Bertz CT molecular complexity index is 565. The molecule has 0 fully saturated rings. The van der Waals surface area contributed by atoms with E-state index in [-0.39, 0.29) is 30.9 Å². The minimum absolute atomic E-state index is 0. The van der Waals surface area contributed by atoms with Gasteiger partial charge in [0, 0.05) is 17.4 Å². The molecule has 1 heterocycles. The van der Waals surface area contributed by atoms with Gasteiger partial charge >= 0.3 is 0 Å². The molecule has 0 saturated carbocycles. The summed E-state index contributed by atoms with van der Waals surface area (Å²) in [6, 6.07) is 15.8. The second kappa shape index (κ2) is 10.8. The maximum Gasteiger partial charge on any atom is 0.0749 e. The van der Waals surface area contributed by atoms with Crippen LogP contribution in [-0.4, -0.2) is 42.0 Å². The summed E-state index contributed by atoms with van der Waals surface area (Å²) in [4.78, 5) is 8.38. The van der Waals surface area contributed by atoms with Gasteiger partial charge in [0.2, 0.25) is 0 Å². The van der Waals surface area contributed by atoms with E-state index < -0.39 is 0 Å². The number of rotatable bonds is 7. The summed E-state index contributed by atoms with van der Waals surface area (Å²) in [7, 11) is 4.26. The van der Waals surface area contributed by atoms with Gasteiger partial charge in [-0.05, 0) is 51.8 Å². The van der Waals surface area contributed by atoms with Gasteiger partial charge in [-0.1, -0.05) is 44.2 Å². The highest BCUT2D eigenvalue weighted by molar-refractivity contribution is 5.85. The summed E-state index contributed by atoms with van der Waals surface area (Å²) >= 11 is 0. The lowest BCUT2D eigenvalue weighted by Crippen LogP contribution is -2.27. The van der Waals surface area contributed by atoms with E-state index in [4.69, 9.17) is 0 Å². The number of H-pyrrole nitrogens is 1. The molecular weight excluding hydrogens is 341 g/mol. The van der Waals surface area contributed by atoms with E-state index >= 15 is 0 Å². The van der Waals surface area contributed by atoms with Crippen molar-refractivity contribution in [3.8, 4) is 0 Å². The van der Waals surface area contributed by atoms with Crippen molar-refractivity contribution in [1.82, 2.24) is 14.8 Å². The maximum absolute atomic E-state index is 3.66. The highest BCUT2D eigenvalue weighted by Crippen LogP contribution is 2.28. The second-order valence-electron chi connectivity index (χ2n) is 6.04. The van der Waals surface area contributed by atoms with E-state index in [9.17, 15) is 0 Å². The van der Waals surface area contributed by atoms with E-state index in [1.807, 2.05) is 0 Å². The highest BCUT2D eigenvalue weighted by Gasteiger charge is 2.20. The first kappa shape index (κ1) is 23.0. The first-order valence-corrected chi connectivity index (χ1v) is 8.22. The van der Waals surface area contributed by atoms with Crippen LogP contribution in [0.25, 0.3) is 0 Å². The molecule has 0 aliphatic carbocycles. The van der Waals surface area contributed by atoms with Crippen molar-refractivity contribution in [3.63, 3.8) is 0 Å². The molecule has 5 heteroatoms. The van der Waals surface area contributed by atoms with Crippen LogP contribution < -0.4 is 0 Å². The van der Waals surface area contributed by atoms with Crippen LogP contribution in [0.2, 0.25) is 0 Å². The van der Waals surface area contributed by atoms with E-state index in [1.54, 1.807) is 0 Å². The minimum atomic E-state index is 0. The second-order valence-corrected chi connectivity index (χ2v) is 6.04. The fourth-order valence-corrected chi connectivity index (χ4v) is 3.19. The van der Waals surface area contributed by atoms with Crippen molar-refractivity contribution < 1.29 is 0 Å². The number of aromatic amines is 1. The smallest absolute Gasteiger partial charge is 0.0749 e. The lowest BCUT2D eigenvalue weighted by Gasteiger charge is -2.26. The first-order valence-electron chi connectivity index (χ1n) is 8.22. The zero-order chi connectivity index (χ0) is 16.1. The molecule has 1 aromatic heterocycles. The quantitative estimate of drug-likeness (QED) is 0.746. The van der Waals surface area contributed by atoms with E-state index in [0.29, 0.717) is 6.04 Å². The van der Waals surface area contributed by atoms with Gasteiger partial charge in [0.25, 0.3) is 0 Å². The minimum Gasteiger partial charge on any atom is -0.359 e. The highest BCUT2D eigenvalue weighted by atomic mass is 35.5. The largest absolute Gasteiger partial charge is 0.359 e. The predicted octanol–water partition coefficient (Wildman–Crippen LogP) is 4.91. The van der Waals surface area contributed by atoms with Gasteiger partial charge < -0.3 is 4.98 Å². The fraction of sp³-hybridized carbons (Fsp3) is 0.474. The lowest BCUT2D eigenvalue weighted by atomic mass is 10.0. The molecule has 2 atom stereocenters. The predicted molar refractivity (Wildman–Crippen MR) is 109 cm³/mol. The number of nitrogens with one attached hydrogen (secondary N) is 1. The van der Waals surface area contributed by atoms with Crippen LogP contribution in [0.15, 0.2) is 42.5 Å². The Morgan fingerprint density at radius 3 is 1.92 bits per heavy atom. The van der Waals surface area contributed by atoms with Crippen LogP contribution in [-0.2, 0) is 0 Å². The summed E-state index contributed by atoms with van der Waals surface area (Å²) in [5.41, 5.74) is 3.86. The Morgan fingerprint density at radius 1 is 0.875 bits per heavy atom. The molecule has 1 aromatic carbocycles. The molecule has 24 heavy (non-hydrogen) atoms. The van der Waals surface area contributed by atoms with Crippen LogP contribution in [0, 0.1) is 0 Å². The third-order valence-electron chi connectivity index (χ3n) is 4.47. The molecule has 3 nitrogen and oxygen atoms in total. The number of hydrogen-bond donors (Lipinski definition) is 1. The monoisotopic (exact) mass is 371 g/mol. The molecule has 2 rings (SSSR count). The molecule has 1 N–H and O–H groups in total. The Morgan fingerprint density at radius 2 is 1.42 bits per heavy atom. The molecule has 0 bridgehead atoms. The van der Waals surface area contributed by atoms with Crippen molar-refractivity contribution in [2.75, 3.05) is 27.2 Å². The van der Waals surface area contributed by atoms with E-state index in [0.717, 1.165) is 13.1 Å². The molecule has 136 valence electrons. The molecule has 0 aliphatic rings. The average Bonchev–Trinajstić information content (AvgIpc) is 2.98. The van der Waals surface area contributed by atoms with Gasteiger partial charge in [0.1, 0.15) is 0 Å². The molecule has 2 unspecified atom stereocenters. The van der Waals surface area contributed by atoms with Crippen LogP contribution in [0.5, 0.6) is 0 Å². The topological polar surface area (TPSA) is 22.3 Å². The SMILES string of the molecule is CCN(CC)C(C)c1ccc(C(c2ccccc2)N(C)C)[nH]1.Cl.Cl. The third-order valence-corrected chi connectivity index (χ3v) is 4.47. The van der Waals surface area contributed by atoms with Crippen molar-refractivity contribution in [1.29, 1.82) is 0 Å². The zero-order valence-corrected chi connectivity index (χ0v) is 17.0. The zero-order valence-electron chi connectivity index (χ0n) is 15.3. The molecule has 0 aliphatic heterocycles. The summed E-state index contributed by atoms with van der Waals surface area (Å²) in [5, 5.41) is 0. The van der Waals surface area contributed by atoms with Crippen LogP contribution in [0.3, 0.4) is 0 Å². The van der Waals surface area contributed by atoms with Gasteiger partial charge in [-0.2, -0.15) is 0 Å². The summed E-state index contributed by atoms with van der Waals surface area (Å²) in [6.45, 7) is 8.85. The van der Waals surface area contributed by atoms with Gasteiger partial charge in [-0.25, -0.2) is 0 Å². The maximum atomic E-state index is 3.66. The molecule has 0 spiro atoms. The lowest BCUT2D eigenvalue weighted by molar-refractivity contribution is 0.230. The number of hydrogen-bond acceptors (Lipinski definition) is 2. The molecule has 0 amide bonds. The van der Waals surface area contributed by atoms with Crippen LogP contribution >= 0.6 is 24.8 Å². The molecular formula is C19H31Cl2N3. The summed E-state index contributed by atoms with van der Waals surface area (Å²) < 4.78 is 0. The molecule has 0 radical (unpaired) electrons. The van der Waals surface area contributed by atoms with Gasteiger partial charge in [0.15, 0.2) is 0 Å². The number of halogens is 2. The van der Waals surface area contributed by atoms with Crippen molar-refractivity contribution in [3.05, 3.63) is 59.4 Å². The Balaban J connectivity index is 0.00000264. The normalized spacial score (nSPS) is 13.3. The average molecular weight is 372 g/mol. The Hall–Kier alpha value is -1.000. The third kappa shape index (κ3) is 5.25. The standard InChI is InChI=1S/C19H29N3.2ClH/c1-6-22(7-2)15(3)17-13-14-18(20-17)19(21(4)5)16-11-9-8-10-12-16;;/h8-15,19-20H,6-7H2,1-5H3;2*1H. The Labute approximate surface area is 159 Å². The first-order chi connectivity index (χ1) is 10.6. The van der Waals surface area contributed by atoms with Crippen molar-refractivity contribution >= 4 is 24.8 Å². The van der Waals surface area contributed by atoms with Gasteiger partial charge in [-0.3, -0.25) is 9.80 Å². The van der Waals surface area contributed by atoms with Crippen molar-refractivity contribution in [2.24, 2.45) is 0 Å². The summed E-state index contributed by atoms with van der Waals surface area (Å²) in [5.74, 6) is 0. The van der Waals surface area contributed by atoms with E-state index in [1.165, 1.54) is 17.0 Å². The van der Waals surface area contributed by atoms with E-state index in [2.05, 4.69) is 92.1 Å². The fourth-order valence-electron chi connectivity index (χ4n) is 3.19. The number of benzene rings is 1. The molecule has 0 saturated heterocycles. The van der Waals surface area contributed by atoms with Crippen LogP contribution in [0.4, 0.5) is 0 Å². The number of nitrogens with zero attached hydrogens (tertiary/aromatic N) is 2.